The van der Waals surface area contributed by atoms with Crippen molar-refractivity contribution in [1.82, 2.24) is 9.80 Å². The zero-order valence-corrected chi connectivity index (χ0v) is 10.7. The van der Waals surface area contributed by atoms with Crippen molar-refractivity contribution in [2.45, 2.75) is 33.2 Å². The van der Waals surface area contributed by atoms with E-state index in [1.807, 2.05) is 0 Å². The number of hydrogen-bond donors (Lipinski definition) is 1. The van der Waals surface area contributed by atoms with E-state index in [9.17, 15) is 14.4 Å². The molecule has 0 aromatic rings. The van der Waals surface area contributed by atoms with Crippen LogP contribution in [0.1, 0.15) is 27.2 Å². The second-order valence-corrected chi connectivity index (χ2v) is 4.79. The summed E-state index contributed by atoms with van der Waals surface area (Å²) in [6, 6.07) is -0.841. The maximum Gasteiger partial charge on any atom is 0.333 e. The lowest BCUT2D eigenvalue weighted by molar-refractivity contribution is -0.158. The van der Waals surface area contributed by atoms with Crippen LogP contribution < -0.4 is 5.73 Å². The lowest BCUT2D eigenvalue weighted by atomic mass is 9.81. The van der Waals surface area contributed by atoms with Crippen LogP contribution in [0.25, 0.3) is 0 Å². The van der Waals surface area contributed by atoms with Crippen LogP contribution in [0, 0.1) is 5.41 Å². The lowest BCUT2D eigenvalue weighted by Gasteiger charge is -2.42. The number of carbonyl (C=O) groups is 3. The molecule has 6 heteroatoms. The Balaban J connectivity index is 3.21. The van der Waals surface area contributed by atoms with Gasteiger partial charge >= 0.3 is 6.03 Å². The van der Waals surface area contributed by atoms with Crippen molar-refractivity contribution in [2.75, 3.05) is 13.6 Å². The highest BCUT2D eigenvalue weighted by Crippen LogP contribution is 2.32. The molecule has 1 unspecified atom stereocenters. The number of barbiturate groups is 1. The van der Waals surface area contributed by atoms with Gasteiger partial charge in [0.05, 0.1) is 0 Å². The maximum absolute atomic E-state index is 12.2. The Kier molecular flexibility index (Phi) is 3.56. The van der Waals surface area contributed by atoms with Gasteiger partial charge in [0.25, 0.3) is 0 Å². The third kappa shape index (κ3) is 1.93. The largest absolute Gasteiger partial charge is 0.333 e. The highest BCUT2D eigenvalue weighted by Gasteiger charge is 2.53. The molecule has 0 saturated carbocycles. The maximum atomic E-state index is 12.2. The van der Waals surface area contributed by atoms with Crippen LogP contribution in [0.15, 0.2) is 0 Å². The zero-order valence-electron chi connectivity index (χ0n) is 10.7. The number of imide groups is 2. The number of hydrogen-bond acceptors (Lipinski definition) is 4. The number of nitrogens with zero attached hydrogens (tertiary/aromatic N) is 2. The molecule has 1 aliphatic rings. The van der Waals surface area contributed by atoms with Crippen molar-refractivity contribution in [1.29, 1.82) is 0 Å². The van der Waals surface area contributed by atoms with Crippen LogP contribution in [0.4, 0.5) is 4.79 Å². The number of urea groups is 1. The molecule has 6 nitrogen and oxygen atoms in total. The number of rotatable bonds is 3. The number of carbonyl (C=O) groups excluding carboxylic acids is 3. The minimum Gasteiger partial charge on any atom is -0.330 e. The molecule has 1 fully saturated rings. The smallest absolute Gasteiger partial charge is 0.330 e. The first-order chi connectivity index (χ1) is 7.77. The fraction of sp³-hybridized carbons (Fsp3) is 0.727. The third-order valence-corrected chi connectivity index (χ3v) is 3.12. The molecular formula is C11H19N3O3. The summed E-state index contributed by atoms with van der Waals surface area (Å²) in [4.78, 5) is 38.3. The summed E-state index contributed by atoms with van der Waals surface area (Å²) in [6.07, 6.45) is 0.242. The fourth-order valence-corrected chi connectivity index (χ4v) is 2.02. The van der Waals surface area contributed by atoms with E-state index < -0.39 is 23.3 Å². The number of amides is 4. The van der Waals surface area contributed by atoms with E-state index in [1.165, 1.54) is 7.05 Å². The normalized spacial score (nSPS) is 26.1. The van der Waals surface area contributed by atoms with Crippen LogP contribution in [-0.4, -0.2) is 47.3 Å². The molecule has 0 bridgehead atoms. The van der Waals surface area contributed by atoms with Gasteiger partial charge in [-0.15, -0.1) is 0 Å². The van der Waals surface area contributed by atoms with E-state index in [1.54, 1.807) is 20.8 Å². The SMILES string of the molecule is CC(C)N1C(=O)N(C)C(=O)C(C)(CCN)C1=O. The van der Waals surface area contributed by atoms with Crippen LogP contribution >= 0.6 is 0 Å². The van der Waals surface area contributed by atoms with Gasteiger partial charge in [0.15, 0.2) is 0 Å². The molecule has 17 heavy (non-hydrogen) atoms. The molecule has 1 aliphatic heterocycles. The zero-order chi connectivity index (χ0) is 13.4. The van der Waals surface area contributed by atoms with E-state index >= 15 is 0 Å². The highest BCUT2D eigenvalue weighted by molar-refractivity contribution is 6.18. The van der Waals surface area contributed by atoms with Crippen molar-refractivity contribution < 1.29 is 14.4 Å². The van der Waals surface area contributed by atoms with E-state index in [4.69, 9.17) is 5.73 Å². The number of nitrogens with two attached hydrogens (primary N) is 1. The van der Waals surface area contributed by atoms with Crippen LogP contribution in [0.2, 0.25) is 0 Å². The molecule has 0 radical (unpaired) electrons. The minimum absolute atomic E-state index is 0.224. The first kappa shape index (κ1) is 13.6. The van der Waals surface area contributed by atoms with Crippen molar-refractivity contribution in [3.05, 3.63) is 0 Å². The third-order valence-electron chi connectivity index (χ3n) is 3.12. The quantitative estimate of drug-likeness (QED) is 0.714. The Morgan fingerprint density at radius 1 is 1.24 bits per heavy atom. The topological polar surface area (TPSA) is 83.7 Å². The van der Waals surface area contributed by atoms with Crippen molar-refractivity contribution >= 4 is 17.8 Å². The first-order valence-electron chi connectivity index (χ1n) is 5.63. The Bertz CT molecular complexity index is 367. The monoisotopic (exact) mass is 241 g/mol. The second-order valence-electron chi connectivity index (χ2n) is 4.79. The summed E-state index contributed by atoms with van der Waals surface area (Å²) in [6.45, 7) is 5.25. The molecule has 96 valence electrons. The van der Waals surface area contributed by atoms with Gasteiger partial charge in [-0.05, 0) is 33.7 Å². The van der Waals surface area contributed by atoms with Gasteiger partial charge in [-0.1, -0.05) is 0 Å². The molecule has 0 aromatic heterocycles. The van der Waals surface area contributed by atoms with E-state index in [0.717, 1.165) is 9.80 Å². The summed E-state index contributed by atoms with van der Waals surface area (Å²) >= 11 is 0. The standard InChI is InChI=1S/C11H19N3O3/c1-7(2)14-9(16)11(3,5-6-12)8(15)13(4)10(14)17/h7H,5-6,12H2,1-4H3. The predicted molar refractivity (Wildman–Crippen MR) is 61.9 cm³/mol. The van der Waals surface area contributed by atoms with Crippen molar-refractivity contribution in [3.8, 4) is 0 Å². The molecule has 0 aliphatic carbocycles. The van der Waals surface area contributed by atoms with Gasteiger partial charge in [-0.25, -0.2) is 4.79 Å². The molecular weight excluding hydrogens is 222 g/mol. The Hall–Kier alpha value is -1.43. The molecule has 1 rings (SSSR count). The van der Waals surface area contributed by atoms with E-state index in [-0.39, 0.29) is 19.0 Å². The summed E-state index contributed by atoms with van der Waals surface area (Å²) < 4.78 is 0. The van der Waals surface area contributed by atoms with Crippen LogP contribution in [-0.2, 0) is 9.59 Å². The summed E-state index contributed by atoms with van der Waals surface area (Å²) in [5.74, 6) is -0.930. The Labute approximate surface area is 101 Å². The van der Waals surface area contributed by atoms with Crippen LogP contribution in [0.5, 0.6) is 0 Å². The summed E-state index contributed by atoms with van der Waals surface area (Å²) in [5.41, 5.74) is 4.22. The Morgan fingerprint density at radius 3 is 2.18 bits per heavy atom. The van der Waals surface area contributed by atoms with Gasteiger partial charge in [-0.2, -0.15) is 0 Å². The van der Waals surface area contributed by atoms with Gasteiger partial charge in [0.1, 0.15) is 5.41 Å². The summed E-state index contributed by atoms with van der Waals surface area (Å²) in [7, 11) is 1.39. The lowest BCUT2D eigenvalue weighted by Crippen LogP contribution is -2.65. The van der Waals surface area contributed by atoms with Gasteiger partial charge in [0.2, 0.25) is 11.8 Å². The molecule has 1 heterocycles. The fourth-order valence-electron chi connectivity index (χ4n) is 2.02. The molecule has 0 aromatic carbocycles. The average Bonchev–Trinajstić information content (AvgIpc) is 2.25. The van der Waals surface area contributed by atoms with Crippen molar-refractivity contribution in [3.63, 3.8) is 0 Å². The summed E-state index contributed by atoms with van der Waals surface area (Å²) in [5, 5.41) is 0. The average molecular weight is 241 g/mol. The van der Waals surface area contributed by atoms with E-state index in [0.29, 0.717) is 0 Å². The Morgan fingerprint density at radius 2 is 1.76 bits per heavy atom. The molecule has 0 spiro atoms. The second kappa shape index (κ2) is 4.44. The molecule has 1 saturated heterocycles. The van der Waals surface area contributed by atoms with Crippen molar-refractivity contribution in [2.24, 2.45) is 11.1 Å². The molecule has 2 N–H and O–H groups in total. The minimum atomic E-state index is -1.22. The highest BCUT2D eigenvalue weighted by atomic mass is 16.2. The molecule has 4 amide bonds. The van der Waals surface area contributed by atoms with E-state index in [2.05, 4.69) is 0 Å². The first-order valence-corrected chi connectivity index (χ1v) is 5.63. The predicted octanol–water partition coefficient (Wildman–Crippen LogP) is 0.170. The van der Waals surface area contributed by atoms with Gasteiger partial charge in [0, 0.05) is 13.1 Å². The van der Waals surface area contributed by atoms with Gasteiger partial charge < -0.3 is 5.73 Å². The molecule has 1 atom stereocenters. The van der Waals surface area contributed by atoms with Crippen LogP contribution in [0.3, 0.4) is 0 Å². The van der Waals surface area contributed by atoms with Gasteiger partial charge in [-0.3, -0.25) is 19.4 Å².